The van der Waals surface area contributed by atoms with Gasteiger partial charge in [0.15, 0.2) is 0 Å². The quantitative estimate of drug-likeness (QED) is 0.707. The van der Waals surface area contributed by atoms with E-state index < -0.39 is 0 Å². The molecular weight excluding hydrogens is 334 g/mol. The van der Waals surface area contributed by atoms with Gasteiger partial charge in [-0.25, -0.2) is 9.67 Å². The Labute approximate surface area is 153 Å². The molecule has 2 N–H and O–H groups in total. The molecule has 1 saturated heterocycles. The number of nitrogens with zero attached hydrogens (tertiary/aromatic N) is 5. The van der Waals surface area contributed by atoms with Crippen LogP contribution < -0.4 is 15.5 Å². The Morgan fingerprint density at radius 2 is 2.15 bits per heavy atom. The van der Waals surface area contributed by atoms with E-state index in [1.165, 1.54) is 0 Å². The maximum atomic E-state index is 5.70. The van der Waals surface area contributed by atoms with Gasteiger partial charge in [0.2, 0.25) is 5.95 Å². The van der Waals surface area contributed by atoms with Gasteiger partial charge in [0.25, 0.3) is 0 Å². The highest BCUT2D eigenvalue weighted by molar-refractivity contribution is 5.44. The summed E-state index contributed by atoms with van der Waals surface area (Å²) in [5, 5.41) is 10.9. The lowest BCUT2D eigenvalue weighted by Gasteiger charge is -2.19. The summed E-state index contributed by atoms with van der Waals surface area (Å²) in [6, 6.07) is 2.12. The molecule has 0 saturated carbocycles. The molecule has 1 fully saturated rings. The second kappa shape index (κ2) is 8.43. The van der Waals surface area contributed by atoms with Crippen LogP contribution in [0.5, 0.6) is 0 Å². The SMILES string of the molecule is CNc1nccc(N2C[C@H](OC)[C@H](NCc3c(C)cnn3COC)C2)n1. The molecule has 0 unspecified atom stereocenters. The summed E-state index contributed by atoms with van der Waals surface area (Å²) in [4.78, 5) is 10.9. The first-order valence-electron chi connectivity index (χ1n) is 8.68. The van der Waals surface area contributed by atoms with E-state index in [4.69, 9.17) is 9.47 Å². The smallest absolute Gasteiger partial charge is 0.224 e. The third-order valence-corrected chi connectivity index (χ3v) is 4.70. The Morgan fingerprint density at radius 1 is 1.31 bits per heavy atom. The zero-order chi connectivity index (χ0) is 18.5. The van der Waals surface area contributed by atoms with Crippen LogP contribution in [0.25, 0.3) is 0 Å². The average molecular weight is 361 g/mol. The van der Waals surface area contributed by atoms with Crippen LogP contribution in [-0.2, 0) is 22.7 Å². The fourth-order valence-electron chi connectivity index (χ4n) is 3.24. The van der Waals surface area contributed by atoms with Crippen LogP contribution in [0.2, 0.25) is 0 Å². The average Bonchev–Trinajstić information content (AvgIpc) is 3.24. The normalized spacial score (nSPS) is 19.9. The maximum absolute atomic E-state index is 5.70. The third kappa shape index (κ3) is 3.95. The van der Waals surface area contributed by atoms with E-state index in [0.29, 0.717) is 19.2 Å². The van der Waals surface area contributed by atoms with Crippen LogP contribution in [0, 0.1) is 6.92 Å². The first-order chi connectivity index (χ1) is 12.7. The van der Waals surface area contributed by atoms with Gasteiger partial charge in [-0.3, -0.25) is 0 Å². The summed E-state index contributed by atoms with van der Waals surface area (Å²) < 4.78 is 12.8. The maximum Gasteiger partial charge on any atom is 0.224 e. The third-order valence-electron chi connectivity index (χ3n) is 4.70. The molecule has 0 bridgehead atoms. The van der Waals surface area contributed by atoms with Crippen molar-refractivity contribution in [2.45, 2.75) is 32.3 Å². The van der Waals surface area contributed by atoms with E-state index in [1.54, 1.807) is 20.4 Å². The molecule has 1 aliphatic rings. The monoisotopic (exact) mass is 361 g/mol. The molecule has 9 heteroatoms. The molecule has 2 atom stereocenters. The molecule has 2 aromatic heterocycles. The van der Waals surface area contributed by atoms with Gasteiger partial charge in [-0.15, -0.1) is 0 Å². The predicted octanol–water partition coefficient (Wildman–Crippen LogP) is 0.621. The van der Waals surface area contributed by atoms with Crippen LogP contribution in [0.3, 0.4) is 0 Å². The molecule has 142 valence electrons. The minimum Gasteiger partial charge on any atom is -0.378 e. The molecule has 0 spiro atoms. The highest BCUT2D eigenvalue weighted by Crippen LogP contribution is 2.21. The van der Waals surface area contributed by atoms with E-state index in [9.17, 15) is 0 Å². The van der Waals surface area contributed by atoms with Crippen LogP contribution in [0.4, 0.5) is 11.8 Å². The zero-order valence-electron chi connectivity index (χ0n) is 15.8. The number of nitrogens with one attached hydrogen (secondary N) is 2. The Hall–Kier alpha value is -2.23. The van der Waals surface area contributed by atoms with E-state index in [2.05, 4.69) is 37.5 Å². The summed E-state index contributed by atoms with van der Waals surface area (Å²) in [6.45, 7) is 4.81. The van der Waals surface area contributed by atoms with Crippen molar-refractivity contribution in [2.24, 2.45) is 0 Å². The number of hydrogen-bond acceptors (Lipinski definition) is 8. The van der Waals surface area contributed by atoms with Gasteiger partial charge in [0.1, 0.15) is 12.5 Å². The number of methoxy groups -OCH3 is 2. The summed E-state index contributed by atoms with van der Waals surface area (Å²) in [7, 11) is 5.24. The van der Waals surface area contributed by atoms with Gasteiger partial charge in [-0.1, -0.05) is 0 Å². The lowest BCUT2D eigenvalue weighted by atomic mass is 10.2. The summed E-state index contributed by atoms with van der Waals surface area (Å²) >= 11 is 0. The molecule has 3 rings (SSSR count). The molecule has 26 heavy (non-hydrogen) atoms. The largest absolute Gasteiger partial charge is 0.378 e. The predicted molar refractivity (Wildman–Crippen MR) is 99.2 cm³/mol. The van der Waals surface area contributed by atoms with Crippen LogP contribution in [0.15, 0.2) is 18.5 Å². The van der Waals surface area contributed by atoms with Crippen molar-refractivity contribution in [1.82, 2.24) is 25.1 Å². The van der Waals surface area contributed by atoms with Crippen molar-refractivity contribution in [3.63, 3.8) is 0 Å². The van der Waals surface area contributed by atoms with Crippen LogP contribution >= 0.6 is 0 Å². The van der Waals surface area contributed by atoms with Crippen molar-refractivity contribution in [1.29, 1.82) is 0 Å². The van der Waals surface area contributed by atoms with Crippen molar-refractivity contribution >= 4 is 11.8 Å². The number of ether oxygens (including phenoxy) is 2. The van der Waals surface area contributed by atoms with E-state index in [1.807, 2.05) is 24.0 Å². The highest BCUT2D eigenvalue weighted by Gasteiger charge is 2.33. The fraction of sp³-hybridized carbons (Fsp3) is 0.588. The summed E-state index contributed by atoms with van der Waals surface area (Å²) in [6.07, 6.45) is 3.72. The van der Waals surface area contributed by atoms with Gasteiger partial charge in [-0.2, -0.15) is 10.1 Å². The van der Waals surface area contributed by atoms with E-state index in [0.717, 1.165) is 30.2 Å². The summed E-state index contributed by atoms with van der Waals surface area (Å²) in [5.41, 5.74) is 2.27. The number of rotatable bonds is 8. The second-order valence-electron chi connectivity index (χ2n) is 6.35. The molecule has 0 aromatic carbocycles. The highest BCUT2D eigenvalue weighted by atomic mass is 16.5. The number of anilines is 2. The Balaban J connectivity index is 1.67. The first-order valence-corrected chi connectivity index (χ1v) is 8.68. The van der Waals surface area contributed by atoms with Gasteiger partial charge in [-0.05, 0) is 18.6 Å². The van der Waals surface area contributed by atoms with Crippen molar-refractivity contribution in [3.05, 3.63) is 29.7 Å². The molecule has 1 aliphatic heterocycles. The molecule has 9 nitrogen and oxygen atoms in total. The Bertz CT molecular complexity index is 721. The van der Waals surface area contributed by atoms with Gasteiger partial charge >= 0.3 is 0 Å². The minimum absolute atomic E-state index is 0.0853. The lowest BCUT2D eigenvalue weighted by Crippen LogP contribution is -2.40. The lowest BCUT2D eigenvalue weighted by molar-refractivity contribution is 0.0949. The van der Waals surface area contributed by atoms with Crippen LogP contribution in [-0.4, -0.2) is 66.3 Å². The molecule has 0 radical (unpaired) electrons. The van der Waals surface area contributed by atoms with Gasteiger partial charge in [0, 0.05) is 47.1 Å². The van der Waals surface area contributed by atoms with Gasteiger partial charge in [0.05, 0.1) is 24.0 Å². The standard InChI is InChI=1S/C17H27N7O2/c1-12-7-21-24(11-25-3)14(12)8-20-13-9-23(10-15(13)26-4)16-5-6-19-17(18-2)22-16/h5-7,13,15,20H,8-11H2,1-4H3,(H,18,19,22)/t13-,15+/m1/s1. The first kappa shape index (κ1) is 18.6. The second-order valence-corrected chi connectivity index (χ2v) is 6.35. The van der Waals surface area contributed by atoms with Crippen LogP contribution in [0.1, 0.15) is 11.3 Å². The molecule has 0 aliphatic carbocycles. The molecule has 2 aromatic rings. The molecular formula is C17H27N7O2. The summed E-state index contributed by atoms with van der Waals surface area (Å²) in [5.74, 6) is 1.52. The zero-order valence-corrected chi connectivity index (χ0v) is 15.8. The minimum atomic E-state index is 0.0853. The number of hydrogen-bond donors (Lipinski definition) is 2. The van der Waals surface area contributed by atoms with Gasteiger partial charge < -0.3 is 25.0 Å². The van der Waals surface area contributed by atoms with Crippen molar-refractivity contribution in [2.75, 3.05) is 44.6 Å². The van der Waals surface area contributed by atoms with E-state index in [-0.39, 0.29) is 12.1 Å². The van der Waals surface area contributed by atoms with E-state index >= 15 is 0 Å². The Morgan fingerprint density at radius 3 is 2.88 bits per heavy atom. The molecule has 3 heterocycles. The van der Waals surface area contributed by atoms with Crippen molar-refractivity contribution < 1.29 is 9.47 Å². The Kier molecular flexibility index (Phi) is 6.02. The number of aromatic nitrogens is 4. The van der Waals surface area contributed by atoms with Crippen molar-refractivity contribution in [3.8, 4) is 0 Å². The number of aryl methyl sites for hydroxylation is 1. The fourth-order valence-corrected chi connectivity index (χ4v) is 3.24. The topological polar surface area (TPSA) is 89.4 Å². The molecule has 0 amide bonds.